The Labute approximate surface area is 206 Å². The molecule has 192 valence electrons. The predicted octanol–water partition coefficient (Wildman–Crippen LogP) is 5.20. The van der Waals surface area contributed by atoms with Gasteiger partial charge in [0.2, 0.25) is 0 Å². The van der Waals surface area contributed by atoms with Gasteiger partial charge in [-0.1, -0.05) is 44.5 Å². The molecule has 0 spiro atoms. The maximum Gasteiger partial charge on any atom is 0.408 e. The zero-order valence-corrected chi connectivity index (χ0v) is 23.8. The van der Waals surface area contributed by atoms with Crippen LogP contribution in [0.15, 0.2) is 41.3 Å². The molecule has 34 heavy (non-hydrogen) atoms. The second-order valence-electron chi connectivity index (χ2n) is 11.0. The molecule has 0 saturated carbocycles. The molecule has 0 bridgehead atoms. The van der Waals surface area contributed by atoms with Gasteiger partial charge >= 0.3 is 6.09 Å². The minimum absolute atomic E-state index is 0.0205. The average Bonchev–Trinajstić information content (AvgIpc) is 2.66. The Bertz CT molecular complexity index is 970. The molecule has 9 heteroatoms. The van der Waals surface area contributed by atoms with Gasteiger partial charge < -0.3 is 14.5 Å². The van der Waals surface area contributed by atoms with Gasteiger partial charge in [0.05, 0.1) is 23.3 Å². The lowest BCUT2D eigenvalue weighted by atomic mass is 10.2. The van der Waals surface area contributed by atoms with E-state index in [0.29, 0.717) is 0 Å². The van der Waals surface area contributed by atoms with Crippen molar-refractivity contribution in [2.75, 3.05) is 12.4 Å². The molecule has 1 amide bonds. The lowest BCUT2D eigenvalue weighted by molar-refractivity contribution is -0.114. The van der Waals surface area contributed by atoms with Crippen molar-refractivity contribution in [2.24, 2.45) is 0 Å². The number of alkyl carbamates (subject to hydrolysis) is 1. The van der Waals surface area contributed by atoms with Crippen molar-refractivity contribution in [3.63, 3.8) is 0 Å². The fourth-order valence-corrected chi connectivity index (χ4v) is 4.81. The summed E-state index contributed by atoms with van der Waals surface area (Å²) in [5, 5.41) is 2.71. The third kappa shape index (κ3) is 10.5. The second-order valence-corrected chi connectivity index (χ2v) is 17.9. The Morgan fingerprint density at radius 3 is 2.12 bits per heavy atom. The largest absolute Gasteiger partial charge is 0.444 e. The molecule has 0 fully saturated rings. The molecule has 1 aromatic rings. The Hall–Kier alpha value is -1.97. The van der Waals surface area contributed by atoms with Crippen LogP contribution in [0.3, 0.4) is 0 Å². The van der Waals surface area contributed by atoms with Gasteiger partial charge in [-0.15, -0.1) is 0 Å². The van der Waals surface area contributed by atoms with Crippen molar-refractivity contribution in [1.82, 2.24) is 5.32 Å². The molecule has 0 unspecified atom stereocenters. The molecular weight excluding hydrogens is 470 g/mol. The molecule has 0 aliphatic carbocycles. The van der Waals surface area contributed by atoms with E-state index in [1.807, 2.05) is 6.92 Å². The topological polar surface area (TPSA) is 98.8 Å². The summed E-state index contributed by atoms with van der Waals surface area (Å²) in [7, 11) is -5.65. The lowest BCUT2D eigenvalue weighted by Crippen LogP contribution is -2.46. The van der Waals surface area contributed by atoms with Crippen molar-refractivity contribution < 1.29 is 27.2 Å². The standard InChI is InChI=1S/C25H41NO6SSi/c1-19-10-14-22(15-11-19)33(29,30)17-16-21(27)13-12-20(26-23(28)32-24(2,3)4)18-31-34(8,9)25(5,6)7/h10-15,20H,16-18H2,1-9H3,(H,26,28)/b13-12+/t20-/m0/s1. The number of carbonyl (C=O) groups is 2. The number of benzene rings is 1. The normalized spacial score (nSPS) is 14.1. The Morgan fingerprint density at radius 1 is 1.06 bits per heavy atom. The van der Waals surface area contributed by atoms with Gasteiger partial charge in [-0.25, -0.2) is 13.2 Å². The highest BCUT2D eigenvalue weighted by molar-refractivity contribution is 7.91. The van der Waals surface area contributed by atoms with E-state index in [1.54, 1.807) is 45.0 Å². The van der Waals surface area contributed by atoms with Crippen LogP contribution in [0.5, 0.6) is 0 Å². The number of carbonyl (C=O) groups excluding carboxylic acids is 2. The van der Waals surface area contributed by atoms with Gasteiger partial charge in [0.25, 0.3) is 0 Å². The summed E-state index contributed by atoms with van der Waals surface area (Å²) in [5.74, 6) is -0.636. The van der Waals surface area contributed by atoms with Crippen molar-refractivity contribution in [3.8, 4) is 0 Å². The first-order chi connectivity index (χ1) is 15.3. The molecule has 0 aromatic heterocycles. The number of allylic oxidation sites excluding steroid dienone is 1. The van der Waals surface area contributed by atoms with Crippen LogP contribution in [0.2, 0.25) is 18.1 Å². The van der Waals surface area contributed by atoms with Crippen LogP contribution >= 0.6 is 0 Å². The smallest absolute Gasteiger partial charge is 0.408 e. The lowest BCUT2D eigenvalue weighted by Gasteiger charge is -2.37. The zero-order chi connectivity index (χ0) is 26.4. The molecule has 1 N–H and O–H groups in total. The number of aryl methyl sites for hydroxylation is 1. The number of ether oxygens (including phenoxy) is 1. The van der Waals surface area contributed by atoms with E-state index in [4.69, 9.17) is 9.16 Å². The first-order valence-corrected chi connectivity index (χ1v) is 16.0. The average molecular weight is 512 g/mol. The second kappa shape index (κ2) is 11.6. The fraction of sp³-hybridized carbons (Fsp3) is 0.600. The molecule has 7 nitrogen and oxygen atoms in total. The molecule has 1 aromatic carbocycles. The van der Waals surface area contributed by atoms with Gasteiger partial charge in [0.1, 0.15) is 5.60 Å². The van der Waals surface area contributed by atoms with E-state index in [-0.39, 0.29) is 34.5 Å². The summed E-state index contributed by atoms with van der Waals surface area (Å²) < 4.78 is 36.6. The number of nitrogens with one attached hydrogen (secondary N) is 1. The Kier molecular flexibility index (Phi) is 10.3. The predicted molar refractivity (Wildman–Crippen MR) is 138 cm³/mol. The van der Waals surface area contributed by atoms with Crippen LogP contribution in [-0.4, -0.2) is 52.6 Å². The highest BCUT2D eigenvalue weighted by Crippen LogP contribution is 2.36. The molecule has 0 saturated heterocycles. The van der Waals surface area contributed by atoms with E-state index in [2.05, 4.69) is 39.2 Å². The van der Waals surface area contributed by atoms with Crippen LogP contribution in [0, 0.1) is 6.92 Å². The fourth-order valence-electron chi connectivity index (χ4n) is 2.52. The first kappa shape index (κ1) is 30.1. The van der Waals surface area contributed by atoms with E-state index in [0.717, 1.165) is 5.56 Å². The van der Waals surface area contributed by atoms with E-state index in [1.165, 1.54) is 12.2 Å². The van der Waals surface area contributed by atoms with Gasteiger partial charge in [-0.05, 0) is 64.0 Å². The zero-order valence-electron chi connectivity index (χ0n) is 22.0. The van der Waals surface area contributed by atoms with Crippen molar-refractivity contribution in [1.29, 1.82) is 0 Å². The van der Waals surface area contributed by atoms with Crippen LogP contribution in [0.4, 0.5) is 4.79 Å². The Balaban J connectivity index is 2.86. The number of sulfone groups is 1. The quantitative estimate of drug-likeness (QED) is 0.342. The molecule has 0 aliphatic heterocycles. The molecule has 1 atom stereocenters. The summed E-state index contributed by atoms with van der Waals surface area (Å²) in [6.07, 6.45) is 2.07. The van der Waals surface area contributed by atoms with Gasteiger partial charge in [0.15, 0.2) is 23.9 Å². The summed E-state index contributed by atoms with van der Waals surface area (Å²) >= 11 is 0. The van der Waals surface area contributed by atoms with Crippen molar-refractivity contribution >= 4 is 30.0 Å². The maximum absolute atomic E-state index is 12.5. The van der Waals surface area contributed by atoms with Gasteiger partial charge in [0, 0.05) is 6.42 Å². The summed E-state index contributed by atoms with van der Waals surface area (Å²) in [6, 6.07) is 5.95. The van der Waals surface area contributed by atoms with Crippen LogP contribution in [-0.2, 0) is 23.8 Å². The number of rotatable bonds is 10. The number of amides is 1. The third-order valence-corrected chi connectivity index (χ3v) is 11.9. The van der Waals surface area contributed by atoms with E-state index in [9.17, 15) is 18.0 Å². The molecule has 1 rings (SSSR count). The maximum atomic E-state index is 12.5. The van der Waals surface area contributed by atoms with Crippen LogP contribution < -0.4 is 5.32 Å². The van der Waals surface area contributed by atoms with Crippen LogP contribution in [0.1, 0.15) is 53.5 Å². The van der Waals surface area contributed by atoms with Gasteiger partial charge in [-0.2, -0.15) is 0 Å². The summed E-state index contributed by atoms with van der Waals surface area (Å²) in [5.41, 5.74) is 0.292. The Morgan fingerprint density at radius 2 is 1.62 bits per heavy atom. The van der Waals surface area contributed by atoms with Gasteiger partial charge in [-0.3, -0.25) is 4.79 Å². The SMILES string of the molecule is Cc1ccc(S(=O)(=O)CCC(=O)/C=C/[C@@H](CO[Si](C)(C)C(C)(C)C)NC(=O)OC(C)(C)C)cc1. The van der Waals surface area contributed by atoms with Crippen LogP contribution in [0.25, 0.3) is 0 Å². The first-order valence-electron chi connectivity index (χ1n) is 11.5. The molecule has 0 heterocycles. The molecule has 0 radical (unpaired) electrons. The van der Waals surface area contributed by atoms with Crippen molar-refractivity contribution in [3.05, 3.63) is 42.0 Å². The number of hydrogen-bond acceptors (Lipinski definition) is 6. The highest BCUT2D eigenvalue weighted by Gasteiger charge is 2.37. The molecular formula is C25H41NO6SSi. The number of ketones is 1. The third-order valence-electron chi connectivity index (χ3n) is 5.64. The minimum Gasteiger partial charge on any atom is -0.444 e. The van der Waals surface area contributed by atoms with E-state index >= 15 is 0 Å². The van der Waals surface area contributed by atoms with Crippen molar-refractivity contribution in [2.45, 2.75) is 89.6 Å². The van der Waals surface area contributed by atoms with E-state index < -0.39 is 35.9 Å². The highest BCUT2D eigenvalue weighted by atomic mass is 32.2. The monoisotopic (exact) mass is 511 g/mol. The minimum atomic E-state index is -3.56. The summed E-state index contributed by atoms with van der Waals surface area (Å²) in [4.78, 5) is 24.9. The summed E-state index contributed by atoms with van der Waals surface area (Å²) in [6.45, 7) is 17.9. The number of hydrogen-bond donors (Lipinski definition) is 1. The molecule has 0 aliphatic rings.